The van der Waals surface area contributed by atoms with Gasteiger partial charge in [0, 0.05) is 17.1 Å². The van der Waals surface area contributed by atoms with Gasteiger partial charge in [-0.05, 0) is 12.1 Å². The van der Waals surface area contributed by atoms with Crippen molar-refractivity contribution < 1.29 is 68.7 Å². The number of rotatable bonds is 1. The van der Waals surface area contributed by atoms with Gasteiger partial charge in [0.2, 0.25) is 0 Å². The van der Waals surface area contributed by atoms with Crippen LogP contribution in [0.4, 0.5) is 17.3 Å². The van der Waals surface area contributed by atoms with Gasteiger partial charge in [-0.25, -0.2) is 4.39 Å². The molecule has 1 heterocycles. The van der Waals surface area contributed by atoms with Gasteiger partial charge in [-0.2, -0.15) is 0 Å². The van der Waals surface area contributed by atoms with Crippen molar-refractivity contribution in [3.8, 4) is 0 Å². The number of hydrogen-bond acceptors (Lipinski definition) is 0. The maximum Gasteiger partial charge on any atom is 1.00 e. The van der Waals surface area contributed by atoms with Crippen LogP contribution in [0.5, 0.6) is 0 Å². The van der Waals surface area contributed by atoms with E-state index in [4.69, 9.17) is 0 Å². The minimum atomic E-state index is -5.10. The molecule has 1 nitrogen and oxygen atoms in total. The molecule has 0 unspecified atom stereocenters. The Labute approximate surface area is 126 Å². The predicted molar refractivity (Wildman–Crippen MR) is 47.0 cm³/mol. The first-order chi connectivity index (χ1) is 6.50. The zero-order valence-electron chi connectivity index (χ0n) is 7.90. The summed E-state index contributed by atoms with van der Waals surface area (Å²) in [5.41, 5.74) is -0.969. The normalized spacial score (nSPS) is 11.5. The minimum Gasteiger partial charge on any atom is -0.445 e. The summed E-state index contributed by atoms with van der Waals surface area (Å²) in [5, 5.41) is -0.0262. The zero-order valence-corrected chi connectivity index (χ0v) is 11.0. The molecule has 0 aliphatic rings. The Bertz CT molecular complexity index is 479. The Morgan fingerprint density at radius 3 is 2.33 bits per heavy atom. The summed E-state index contributed by atoms with van der Waals surface area (Å²) in [4.78, 5) is 2.39. The van der Waals surface area contributed by atoms with E-state index in [0.717, 1.165) is 12.1 Å². The number of nitrogens with one attached hydrogen (secondary N) is 1. The topological polar surface area (TPSA) is 15.8 Å². The monoisotopic (exact) mass is 241 g/mol. The molecule has 0 saturated carbocycles. The molecular formula is C8H5BF4KN. The van der Waals surface area contributed by atoms with Gasteiger partial charge in [-0.3, -0.25) is 0 Å². The standard InChI is InChI=1S/C8H5BF4N.K/c10-7-2-1-6(9(11,12)13)8-5(7)3-4-14-8;/h1-4,14H;/q-1;+1. The molecule has 7 heteroatoms. The van der Waals surface area contributed by atoms with Crippen LogP contribution in [0.2, 0.25) is 0 Å². The molecule has 0 atom stereocenters. The Hall–Kier alpha value is 0.181. The van der Waals surface area contributed by atoms with E-state index in [-0.39, 0.29) is 62.3 Å². The average molecular weight is 241 g/mol. The Kier molecular flexibility index (Phi) is 4.05. The fourth-order valence-electron chi connectivity index (χ4n) is 1.42. The maximum atomic E-state index is 13.0. The first-order valence-corrected chi connectivity index (χ1v) is 3.95. The summed E-state index contributed by atoms with van der Waals surface area (Å²) >= 11 is 0. The average Bonchev–Trinajstić information content (AvgIpc) is 2.50. The van der Waals surface area contributed by atoms with Crippen LogP contribution in [0.3, 0.4) is 0 Å². The van der Waals surface area contributed by atoms with Gasteiger partial charge in [-0.15, -0.1) is 0 Å². The number of benzene rings is 1. The summed E-state index contributed by atoms with van der Waals surface area (Å²) < 4.78 is 50.3. The third-order valence-corrected chi connectivity index (χ3v) is 2.05. The molecule has 0 saturated heterocycles. The maximum absolute atomic E-state index is 13.0. The van der Waals surface area contributed by atoms with Crippen LogP contribution in [0, 0.1) is 5.82 Å². The molecule has 0 radical (unpaired) electrons. The Balaban J connectivity index is 0.00000112. The first kappa shape index (κ1) is 13.2. The molecule has 0 aliphatic heterocycles. The second kappa shape index (κ2) is 4.59. The van der Waals surface area contributed by atoms with E-state index in [1.807, 2.05) is 0 Å². The molecule has 1 aromatic heterocycles. The molecule has 0 fully saturated rings. The molecule has 2 aromatic rings. The van der Waals surface area contributed by atoms with Crippen LogP contribution >= 0.6 is 0 Å². The van der Waals surface area contributed by atoms with Gasteiger partial charge >= 0.3 is 58.4 Å². The van der Waals surface area contributed by atoms with Gasteiger partial charge in [0.25, 0.3) is 0 Å². The van der Waals surface area contributed by atoms with E-state index in [1.54, 1.807) is 0 Å². The van der Waals surface area contributed by atoms with E-state index in [2.05, 4.69) is 4.98 Å². The van der Waals surface area contributed by atoms with Crippen molar-refractivity contribution in [3.63, 3.8) is 0 Å². The molecule has 2 rings (SSSR count). The molecule has 74 valence electrons. The van der Waals surface area contributed by atoms with Gasteiger partial charge in [-0.1, -0.05) is 11.5 Å². The minimum absolute atomic E-state index is 0. The van der Waals surface area contributed by atoms with Crippen LogP contribution in [0.15, 0.2) is 24.4 Å². The second-order valence-corrected chi connectivity index (χ2v) is 2.98. The Morgan fingerprint density at radius 1 is 1.07 bits per heavy atom. The number of fused-ring (bicyclic) bond motifs is 1. The number of aromatic amines is 1. The molecule has 0 aliphatic carbocycles. The number of aromatic nitrogens is 1. The Morgan fingerprint density at radius 2 is 1.73 bits per heavy atom. The fraction of sp³-hybridized carbons (Fsp3) is 0. The summed E-state index contributed by atoms with van der Waals surface area (Å²) in [6.45, 7) is -5.10. The van der Waals surface area contributed by atoms with Gasteiger partial charge in [0.1, 0.15) is 5.82 Å². The third-order valence-electron chi connectivity index (χ3n) is 2.05. The van der Waals surface area contributed by atoms with Crippen molar-refractivity contribution in [2.45, 2.75) is 0 Å². The van der Waals surface area contributed by atoms with Crippen LogP contribution < -0.4 is 56.8 Å². The molecule has 1 aromatic carbocycles. The number of H-pyrrole nitrogens is 1. The van der Waals surface area contributed by atoms with Crippen molar-refractivity contribution in [1.29, 1.82) is 0 Å². The number of halogens is 4. The van der Waals surface area contributed by atoms with Gasteiger partial charge < -0.3 is 17.9 Å². The largest absolute Gasteiger partial charge is 1.00 e. The summed E-state index contributed by atoms with van der Waals surface area (Å²) in [7, 11) is 0. The van der Waals surface area contributed by atoms with Crippen molar-refractivity contribution in [3.05, 3.63) is 30.2 Å². The predicted octanol–water partition coefficient (Wildman–Crippen LogP) is -0.635. The molecular weight excluding hydrogens is 236 g/mol. The van der Waals surface area contributed by atoms with E-state index >= 15 is 0 Å². The van der Waals surface area contributed by atoms with Gasteiger partial charge in [0.05, 0.1) is 0 Å². The van der Waals surface area contributed by atoms with E-state index in [9.17, 15) is 17.3 Å². The third kappa shape index (κ3) is 2.47. The summed E-state index contributed by atoms with van der Waals surface area (Å²) in [6, 6.07) is 2.88. The number of hydrogen-bond donors (Lipinski definition) is 1. The second-order valence-electron chi connectivity index (χ2n) is 2.98. The van der Waals surface area contributed by atoms with Crippen molar-refractivity contribution in [1.82, 2.24) is 4.98 Å². The summed E-state index contributed by atoms with van der Waals surface area (Å²) in [6.07, 6.45) is 1.29. The first-order valence-electron chi connectivity index (χ1n) is 3.95. The van der Waals surface area contributed by atoms with Crippen LogP contribution in [-0.2, 0) is 0 Å². The van der Waals surface area contributed by atoms with Crippen LogP contribution in [0.25, 0.3) is 10.9 Å². The SMILES string of the molecule is Fc1ccc([B-](F)(F)F)c2[nH]ccc12.[K+]. The van der Waals surface area contributed by atoms with E-state index in [1.165, 1.54) is 12.3 Å². The van der Waals surface area contributed by atoms with Crippen LogP contribution in [-0.4, -0.2) is 12.0 Å². The quantitative estimate of drug-likeness (QED) is 0.505. The molecule has 1 N–H and O–H groups in total. The molecule has 0 bridgehead atoms. The summed E-state index contributed by atoms with van der Waals surface area (Å²) in [5.74, 6) is -0.648. The smallest absolute Gasteiger partial charge is 0.445 e. The van der Waals surface area contributed by atoms with Crippen molar-refractivity contribution in [2.75, 3.05) is 0 Å². The van der Waals surface area contributed by atoms with Crippen molar-refractivity contribution in [2.24, 2.45) is 0 Å². The van der Waals surface area contributed by atoms with E-state index in [0.29, 0.717) is 0 Å². The van der Waals surface area contributed by atoms with Crippen molar-refractivity contribution >= 4 is 23.3 Å². The van der Waals surface area contributed by atoms with Crippen LogP contribution in [0.1, 0.15) is 0 Å². The van der Waals surface area contributed by atoms with E-state index < -0.39 is 18.3 Å². The molecule has 0 spiro atoms. The zero-order chi connectivity index (χ0) is 10.3. The fourth-order valence-corrected chi connectivity index (χ4v) is 1.42. The molecule has 0 amide bonds. The molecule has 15 heavy (non-hydrogen) atoms. The van der Waals surface area contributed by atoms with Gasteiger partial charge in [0.15, 0.2) is 0 Å².